The SMILES string of the molecule is O=C(Nc1cccc(Cl)n1)c1ncc(F)cc1N1CCC(CCCC2CCNCC2)CC1. The molecule has 2 N–H and O–H groups in total. The van der Waals surface area contributed by atoms with Crippen LogP contribution < -0.4 is 15.5 Å². The summed E-state index contributed by atoms with van der Waals surface area (Å²) in [5.74, 6) is 1.06. The molecule has 2 aliphatic rings. The number of rotatable bonds is 7. The number of hydrogen-bond donors (Lipinski definition) is 2. The molecule has 0 atom stereocenters. The van der Waals surface area contributed by atoms with Crippen LogP contribution in [-0.2, 0) is 0 Å². The van der Waals surface area contributed by atoms with Gasteiger partial charge in [0.05, 0.1) is 11.9 Å². The molecule has 4 rings (SSSR count). The summed E-state index contributed by atoms with van der Waals surface area (Å²) in [4.78, 5) is 23.1. The molecule has 4 heterocycles. The highest BCUT2D eigenvalue weighted by molar-refractivity contribution is 6.29. The van der Waals surface area contributed by atoms with Gasteiger partial charge in [-0.1, -0.05) is 36.9 Å². The number of nitrogens with one attached hydrogen (secondary N) is 2. The van der Waals surface area contributed by atoms with Gasteiger partial charge in [-0.15, -0.1) is 0 Å². The Balaban J connectivity index is 1.33. The third-order valence-electron chi connectivity index (χ3n) is 6.64. The largest absolute Gasteiger partial charge is 0.370 e. The Labute approximate surface area is 194 Å². The Bertz CT molecular complexity index is 913. The smallest absolute Gasteiger partial charge is 0.277 e. The number of hydrogen-bond acceptors (Lipinski definition) is 5. The van der Waals surface area contributed by atoms with Gasteiger partial charge in [0.1, 0.15) is 16.8 Å². The monoisotopic (exact) mass is 459 g/mol. The van der Waals surface area contributed by atoms with Crippen LogP contribution in [0.1, 0.15) is 55.4 Å². The van der Waals surface area contributed by atoms with E-state index in [0.29, 0.717) is 17.4 Å². The number of piperidine rings is 2. The predicted octanol–water partition coefficient (Wildman–Crippen LogP) is 4.91. The first-order valence-corrected chi connectivity index (χ1v) is 12.0. The Hall–Kier alpha value is -2.25. The van der Waals surface area contributed by atoms with Crippen molar-refractivity contribution in [3.05, 3.63) is 47.1 Å². The molecule has 2 aliphatic heterocycles. The van der Waals surface area contributed by atoms with Gasteiger partial charge in [0.15, 0.2) is 5.69 Å². The summed E-state index contributed by atoms with van der Waals surface area (Å²) in [6.07, 6.45) is 9.68. The number of carbonyl (C=O) groups excluding carboxylic acids is 1. The molecule has 0 aromatic carbocycles. The second-order valence-electron chi connectivity index (χ2n) is 8.88. The fraction of sp³-hybridized carbons (Fsp3) is 0.542. The van der Waals surface area contributed by atoms with E-state index in [1.165, 1.54) is 38.2 Å². The van der Waals surface area contributed by atoms with E-state index in [4.69, 9.17) is 11.6 Å². The lowest BCUT2D eigenvalue weighted by atomic mass is 9.87. The van der Waals surface area contributed by atoms with Crippen molar-refractivity contribution in [3.8, 4) is 0 Å². The van der Waals surface area contributed by atoms with Crippen molar-refractivity contribution in [3.63, 3.8) is 0 Å². The third-order valence-corrected chi connectivity index (χ3v) is 6.86. The molecule has 0 radical (unpaired) electrons. The minimum absolute atomic E-state index is 0.206. The number of carbonyl (C=O) groups is 1. The van der Waals surface area contributed by atoms with E-state index >= 15 is 0 Å². The summed E-state index contributed by atoms with van der Waals surface area (Å²) in [7, 11) is 0. The highest BCUT2D eigenvalue weighted by Crippen LogP contribution is 2.30. The molecule has 1 amide bonds. The zero-order chi connectivity index (χ0) is 22.3. The maximum atomic E-state index is 14.0. The molecular weight excluding hydrogens is 429 g/mol. The summed E-state index contributed by atoms with van der Waals surface area (Å²) < 4.78 is 14.0. The Morgan fingerprint density at radius 1 is 1.16 bits per heavy atom. The van der Waals surface area contributed by atoms with Crippen LogP contribution in [-0.4, -0.2) is 42.1 Å². The van der Waals surface area contributed by atoms with E-state index in [1.54, 1.807) is 18.2 Å². The first-order valence-electron chi connectivity index (χ1n) is 11.6. The van der Waals surface area contributed by atoms with E-state index in [2.05, 4.69) is 25.5 Å². The molecule has 172 valence electrons. The van der Waals surface area contributed by atoms with E-state index in [9.17, 15) is 9.18 Å². The Kier molecular flexibility index (Phi) is 7.92. The summed E-state index contributed by atoms with van der Waals surface area (Å²) in [6.45, 7) is 3.93. The highest BCUT2D eigenvalue weighted by atomic mass is 35.5. The standard InChI is InChI=1S/C24H31ClFN5O/c25-21-5-2-6-22(29-21)30-24(32)23-20(15-19(26)16-28-23)31-13-9-18(10-14-31)4-1-3-17-7-11-27-12-8-17/h2,5-6,15-18,27H,1,3-4,7-14H2,(H,29,30,32). The number of halogens is 2. The number of aromatic nitrogens is 2. The summed E-state index contributed by atoms with van der Waals surface area (Å²) >= 11 is 5.90. The molecule has 0 aliphatic carbocycles. The number of nitrogens with zero attached hydrogens (tertiary/aromatic N) is 3. The van der Waals surface area contributed by atoms with E-state index in [1.807, 2.05) is 0 Å². The van der Waals surface area contributed by atoms with E-state index < -0.39 is 11.7 Å². The minimum Gasteiger partial charge on any atom is -0.370 e. The molecule has 2 fully saturated rings. The van der Waals surface area contributed by atoms with Crippen LogP contribution >= 0.6 is 11.6 Å². The maximum Gasteiger partial charge on any atom is 0.277 e. The van der Waals surface area contributed by atoms with Gasteiger partial charge in [0.2, 0.25) is 0 Å². The molecular formula is C24H31ClFN5O. The fourth-order valence-corrected chi connectivity index (χ4v) is 4.99. The second kappa shape index (κ2) is 11.1. The van der Waals surface area contributed by atoms with E-state index in [0.717, 1.165) is 51.1 Å². The topological polar surface area (TPSA) is 70.2 Å². The average Bonchev–Trinajstić information content (AvgIpc) is 2.80. The van der Waals surface area contributed by atoms with Gasteiger partial charge >= 0.3 is 0 Å². The van der Waals surface area contributed by atoms with Crippen molar-refractivity contribution in [1.29, 1.82) is 0 Å². The average molecular weight is 460 g/mol. The highest BCUT2D eigenvalue weighted by Gasteiger charge is 2.25. The van der Waals surface area contributed by atoms with Gasteiger partial charge in [-0.05, 0) is 62.7 Å². The van der Waals surface area contributed by atoms with Crippen molar-refractivity contribution in [1.82, 2.24) is 15.3 Å². The molecule has 0 unspecified atom stereocenters. The van der Waals surface area contributed by atoms with Gasteiger partial charge in [-0.3, -0.25) is 4.79 Å². The Morgan fingerprint density at radius 3 is 2.59 bits per heavy atom. The lowest BCUT2D eigenvalue weighted by molar-refractivity contribution is 0.102. The van der Waals surface area contributed by atoms with Crippen LogP contribution in [0, 0.1) is 17.7 Å². The maximum absolute atomic E-state index is 14.0. The van der Waals surface area contributed by atoms with Gasteiger partial charge in [0, 0.05) is 19.2 Å². The third kappa shape index (κ3) is 6.17. The Morgan fingerprint density at radius 2 is 1.88 bits per heavy atom. The van der Waals surface area contributed by atoms with Gasteiger partial charge in [0.25, 0.3) is 5.91 Å². The van der Waals surface area contributed by atoms with Crippen LogP contribution in [0.4, 0.5) is 15.9 Å². The van der Waals surface area contributed by atoms with Gasteiger partial charge < -0.3 is 15.5 Å². The second-order valence-corrected chi connectivity index (χ2v) is 9.26. The van der Waals surface area contributed by atoms with Crippen molar-refractivity contribution < 1.29 is 9.18 Å². The first kappa shape index (κ1) is 22.9. The van der Waals surface area contributed by atoms with Crippen LogP contribution in [0.15, 0.2) is 30.5 Å². The van der Waals surface area contributed by atoms with Crippen LogP contribution in [0.25, 0.3) is 0 Å². The molecule has 2 aromatic heterocycles. The molecule has 0 saturated carbocycles. The number of anilines is 2. The predicted molar refractivity (Wildman–Crippen MR) is 126 cm³/mol. The normalized spacial score (nSPS) is 18.0. The summed E-state index contributed by atoms with van der Waals surface area (Å²) in [6, 6.07) is 6.40. The molecule has 8 heteroatoms. The minimum atomic E-state index is -0.443. The zero-order valence-corrected chi connectivity index (χ0v) is 19.1. The first-order chi connectivity index (χ1) is 15.6. The zero-order valence-electron chi connectivity index (χ0n) is 18.3. The number of amides is 1. The molecule has 0 bridgehead atoms. The summed E-state index contributed by atoms with van der Waals surface area (Å²) in [5, 5.41) is 6.44. The van der Waals surface area contributed by atoms with Crippen molar-refractivity contribution in [2.45, 2.75) is 44.9 Å². The van der Waals surface area contributed by atoms with Crippen molar-refractivity contribution in [2.24, 2.45) is 11.8 Å². The number of pyridine rings is 2. The van der Waals surface area contributed by atoms with Gasteiger partial charge in [-0.2, -0.15) is 0 Å². The van der Waals surface area contributed by atoms with Crippen LogP contribution in [0.2, 0.25) is 5.15 Å². The lowest BCUT2D eigenvalue weighted by Gasteiger charge is -2.34. The fourth-order valence-electron chi connectivity index (χ4n) is 4.83. The molecule has 6 nitrogen and oxygen atoms in total. The molecule has 0 spiro atoms. The van der Waals surface area contributed by atoms with Gasteiger partial charge in [-0.25, -0.2) is 14.4 Å². The van der Waals surface area contributed by atoms with Crippen LogP contribution in [0.5, 0.6) is 0 Å². The van der Waals surface area contributed by atoms with Crippen LogP contribution in [0.3, 0.4) is 0 Å². The quantitative estimate of drug-likeness (QED) is 0.576. The molecule has 32 heavy (non-hydrogen) atoms. The molecule has 2 aromatic rings. The van der Waals surface area contributed by atoms with Crippen molar-refractivity contribution in [2.75, 3.05) is 36.4 Å². The summed E-state index contributed by atoms with van der Waals surface area (Å²) in [5.41, 5.74) is 0.746. The molecule has 2 saturated heterocycles. The van der Waals surface area contributed by atoms with E-state index in [-0.39, 0.29) is 10.8 Å². The van der Waals surface area contributed by atoms with Crippen molar-refractivity contribution >= 4 is 29.0 Å². The lowest BCUT2D eigenvalue weighted by Crippen LogP contribution is -2.35.